The highest BCUT2D eigenvalue weighted by Gasteiger charge is 2.29. The number of hydrogen-bond acceptors (Lipinski definition) is 3. The van der Waals surface area contributed by atoms with Gasteiger partial charge in [-0.3, -0.25) is 0 Å². The van der Waals surface area contributed by atoms with Crippen molar-refractivity contribution in [1.82, 2.24) is 10.2 Å². The molecule has 0 aromatic carbocycles. The van der Waals surface area contributed by atoms with Crippen LogP contribution in [0.5, 0.6) is 0 Å². The fourth-order valence-corrected chi connectivity index (χ4v) is 1.91. The number of amides is 1. The van der Waals surface area contributed by atoms with Gasteiger partial charge in [0, 0.05) is 13.1 Å². The monoisotopic (exact) mass is 228 g/mol. The lowest BCUT2D eigenvalue weighted by Gasteiger charge is -2.24. The molecule has 1 atom stereocenters. The Morgan fingerprint density at radius 3 is 2.75 bits per heavy atom. The number of nitrogens with one attached hydrogen (secondary N) is 1. The Bertz CT molecular complexity index is 236. The van der Waals surface area contributed by atoms with E-state index in [9.17, 15) is 4.79 Å². The summed E-state index contributed by atoms with van der Waals surface area (Å²) in [5.74, 6) is 0.625. The van der Waals surface area contributed by atoms with E-state index in [1.54, 1.807) is 0 Å². The van der Waals surface area contributed by atoms with E-state index in [1.165, 1.54) is 0 Å². The number of hydrogen-bond donors (Lipinski definition) is 1. The standard InChI is InChI=1S/C12H24N2O2/c1-12(2,3)16-11(15)14-8-6-10(9-14)5-7-13-4/h10,13H,5-9H2,1-4H3. The fourth-order valence-electron chi connectivity index (χ4n) is 1.91. The van der Waals surface area contributed by atoms with Gasteiger partial charge in [0.2, 0.25) is 0 Å². The van der Waals surface area contributed by atoms with Crippen LogP contribution in [0.15, 0.2) is 0 Å². The van der Waals surface area contributed by atoms with E-state index >= 15 is 0 Å². The molecule has 0 aromatic rings. The predicted octanol–water partition coefficient (Wildman–Crippen LogP) is 1.85. The van der Waals surface area contributed by atoms with Gasteiger partial charge in [-0.2, -0.15) is 0 Å². The Morgan fingerprint density at radius 2 is 2.19 bits per heavy atom. The molecule has 0 saturated carbocycles. The Labute approximate surface area is 98.3 Å². The molecule has 4 heteroatoms. The van der Waals surface area contributed by atoms with Crippen LogP contribution in [0.4, 0.5) is 4.79 Å². The van der Waals surface area contributed by atoms with Gasteiger partial charge in [-0.15, -0.1) is 0 Å². The quantitative estimate of drug-likeness (QED) is 0.801. The Kier molecular flexibility index (Phi) is 4.59. The first-order valence-corrected chi connectivity index (χ1v) is 6.05. The number of likely N-dealkylation sites (tertiary alicyclic amines) is 1. The molecule has 4 nitrogen and oxygen atoms in total. The van der Waals surface area contributed by atoms with Crippen LogP contribution in [0.3, 0.4) is 0 Å². The second kappa shape index (κ2) is 5.53. The van der Waals surface area contributed by atoms with Crippen molar-refractivity contribution >= 4 is 6.09 Å². The topological polar surface area (TPSA) is 41.6 Å². The molecule has 0 bridgehead atoms. The third-order valence-corrected chi connectivity index (χ3v) is 2.74. The van der Waals surface area contributed by atoms with Crippen LogP contribution in [0.1, 0.15) is 33.6 Å². The second-order valence-electron chi connectivity index (χ2n) is 5.47. The molecule has 1 aliphatic heterocycles. The van der Waals surface area contributed by atoms with Gasteiger partial charge in [0.15, 0.2) is 0 Å². The summed E-state index contributed by atoms with van der Waals surface area (Å²) >= 11 is 0. The largest absolute Gasteiger partial charge is 0.444 e. The summed E-state index contributed by atoms with van der Waals surface area (Å²) in [5, 5.41) is 3.14. The molecule has 0 radical (unpaired) electrons. The fraction of sp³-hybridized carbons (Fsp3) is 0.917. The molecule has 0 spiro atoms. The van der Waals surface area contributed by atoms with E-state index in [4.69, 9.17) is 4.74 Å². The lowest BCUT2D eigenvalue weighted by molar-refractivity contribution is 0.0287. The molecule has 0 aliphatic carbocycles. The van der Waals surface area contributed by atoms with Gasteiger partial charge in [-0.1, -0.05) is 0 Å². The number of rotatable bonds is 3. The van der Waals surface area contributed by atoms with Crippen LogP contribution in [0.25, 0.3) is 0 Å². The van der Waals surface area contributed by atoms with Crippen molar-refractivity contribution in [3.63, 3.8) is 0 Å². The van der Waals surface area contributed by atoms with Gasteiger partial charge in [0.25, 0.3) is 0 Å². The molecule has 1 heterocycles. The highest BCUT2D eigenvalue weighted by molar-refractivity contribution is 5.68. The van der Waals surface area contributed by atoms with Gasteiger partial charge in [-0.05, 0) is 53.1 Å². The molecule has 1 amide bonds. The Balaban J connectivity index is 2.32. The molecule has 1 rings (SSSR count). The van der Waals surface area contributed by atoms with Crippen molar-refractivity contribution in [2.75, 3.05) is 26.7 Å². The third kappa shape index (κ3) is 4.39. The first-order valence-electron chi connectivity index (χ1n) is 6.05. The van der Waals surface area contributed by atoms with Gasteiger partial charge in [0.05, 0.1) is 0 Å². The smallest absolute Gasteiger partial charge is 0.410 e. The summed E-state index contributed by atoms with van der Waals surface area (Å²) in [6.07, 6.45) is 2.07. The van der Waals surface area contributed by atoms with Gasteiger partial charge < -0.3 is 15.0 Å². The summed E-state index contributed by atoms with van der Waals surface area (Å²) in [6.45, 7) is 8.41. The summed E-state index contributed by atoms with van der Waals surface area (Å²) in [5.41, 5.74) is -0.389. The van der Waals surface area contributed by atoms with Crippen LogP contribution >= 0.6 is 0 Å². The molecular formula is C12H24N2O2. The van der Waals surface area contributed by atoms with Crippen molar-refractivity contribution in [2.24, 2.45) is 5.92 Å². The van der Waals surface area contributed by atoms with Crippen molar-refractivity contribution in [2.45, 2.75) is 39.2 Å². The van der Waals surface area contributed by atoms with Crippen molar-refractivity contribution in [3.8, 4) is 0 Å². The SMILES string of the molecule is CNCCC1CCN(C(=O)OC(C)(C)C)C1. The maximum atomic E-state index is 11.8. The molecule has 0 aromatic heterocycles. The zero-order chi connectivity index (χ0) is 12.2. The Morgan fingerprint density at radius 1 is 1.50 bits per heavy atom. The number of nitrogens with zero attached hydrogens (tertiary/aromatic N) is 1. The normalized spacial score (nSPS) is 21.2. The van der Waals surface area contributed by atoms with Crippen LogP contribution in [0, 0.1) is 5.92 Å². The summed E-state index contributed by atoms with van der Waals surface area (Å²) in [6, 6.07) is 0. The lowest BCUT2D eigenvalue weighted by Crippen LogP contribution is -2.35. The minimum absolute atomic E-state index is 0.167. The maximum Gasteiger partial charge on any atom is 0.410 e. The van der Waals surface area contributed by atoms with Crippen LogP contribution in [-0.4, -0.2) is 43.3 Å². The average Bonchev–Trinajstić information content (AvgIpc) is 2.60. The molecule has 16 heavy (non-hydrogen) atoms. The first-order chi connectivity index (χ1) is 7.42. The van der Waals surface area contributed by atoms with Crippen LogP contribution < -0.4 is 5.32 Å². The number of carbonyl (C=O) groups excluding carboxylic acids is 1. The van der Waals surface area contributed by atoms with E-state index in [-0.39, 0.29) is 11.7 Å². The molecule has 1 aliphatic rings. The maximum absolute atomic E-state index is 11.8. The van der Waals surface area contributed by atoms with Crippen molar-refractivity contribution in [1.29, 1.82) is 0 Å². The van der Waals surface area contributed by atoms with E-state index in [2.05, 4.69) is 5.32 Å². The minimum Gasteiger partial charge on any atom is -0.444 e. The number of ether oxygens (including phenoxy) is 1. The van der Waals surface area contributed by atoms with Crippen molar-refractivity contribution in [3.05, 3.63) is 0 Å². The van der Waals surface area contributed by atoms with Crippen LogP contribution in [-0.2, 0) is 4.74 Å². The zero-order valence-corrected chi connectivity index (χ0v) is 10.9. The highest BCUT2D eigenvalue weighted by atomic mass is 16.6. The van der Waals surface area contributed by atoms with Crippen molar-refractivity contribution < 1.29 is 9.53 Å². The third-order valence-electron chi connectivity index (χ3n) is 2.74. The first kappa shape index (κ1) is 13.3. The summed E-state index contributed by atoms with van der Waals surface area (Å²) < 4.78 is 5.35. The highest BCUT2D eigenvalue weighted by Crippen LogP contribution is 2.21. The second-order valence-corrected chi connectivity index (χ2v) is 5.47. The van der Waals surface area contributed by atoms with E-state index in [0.717, 1.165) is 32.5 Å². The minimum atomic E-state index is -0.389. The zero-order valence-electron chi connectivity index (χ0n) is 10.9. The molecule has 1 unspecified atom stereocenters. The summed E-state index contributed by atoms with van der Waals surface area (Å²) in [4.78, 5) is 13.6. The van der Waals surface area contributed by atoms with Gasteiger partial charge in [0.1, 0.15) is 5.60 Å². The average molecular weight is 228 g/mol. The lowest BCUT2D eigenvalue weighted by atomic mass is 10.1. The molecule has 1 saturated heterocycles. The molecule has 1 N–H and O–H groups in total. The predicted molar refractivity (Wildman–Crippen MR) is 64.5 cm³/mol. The van der Waals surface area contributed by atoms with Crippen LogP contribution in [0.2, 0.25) is 0 Å². The Hall–Kier alpha value is -0.770. The molecular weight excluding hydrogens is 204 g/mol. The van der Waals surface area contributed by atoms with Gasteiger partial charge >= 0.3 is 6.09 Å². The van der Waals surface area contributed by atoms with E-state index < -0.39 is 0 Å². The number of carbonyl (C=O) groups is 1. The molecule has 94 valence electrons. The van der Waals surface area contributed by atoms with Gasteiger partial charge in [-0.25, -0.2) is 4.79 Å². The van der Waals surface area contributed by atoms with E-state index in [0.29, 0.717) is 5.92 Å². The molecule has 1 fully saturated rings. The summed E-state index contributed by atoms with van der Waals surface area (Å²) in [7, 11) is 1.96. The van der Waals surface area contributed by atoms with E-state index in [1.807, 2.05) is 32.7 Å².